The fraction of sp³-hybridized carbons (Fsp3) is 0.706. The minimum atomic E-state index is -1.18. The zero-order valence-corrected chi connectivity index (χ0v) is 32.4. The molecule has 18 nitrogen and oxygen atoms in total. The van der Waals surface area contributed by atoms with Gasteiger partial charge in [0.2, 0.25) is 0 Å². The van der Waals surface area contributed by atoms with Crippen LogP contribution in [0.1, 0.15) is 93.8 Å². The number of rotatable bonds is 26. The largest absolute Gasteiger partial charge is 2.00 e. The first-order chi connectivity index (χ1) is 24.3. The summed E-state index contributed by atoms with van der Waals surface area (Å²) in [5, 5.41) is 86.4. The SMILES string of the molecule is C=C(C)C(=O)OCC(CO)(CO)CO.C=C(C)C(=O)OCC(CO)(CO)CO.O=C(O)CCCCCCC(=O)O.O=C(O)CCCCCCC(=O)O.[H-].[H-].[Mg+2]. The van der Waals surface area contributed by atoms with Crippen LogP contribution in [0.4, 0.5) is 0 Å². The average Bonchev–Trinajstić information content (AvgIpc) is 3.09. The van der Waals surface area contributed by atoms with Gasteiger partial charge in [-0.05, 0) is 39.5 Å². The van der Waals surface area contributed by atoms with E-state index < -0.39 is 86.3 Å². The minimum Gasteiger partial charge on any atom is -1.00 e. The standard InChI is InChI=1S/2C9H16O5.2C8H14O4.Mg.2H/c2*1-7(2)8(13)14-6-9(3-10,4-11)5-12;2*9-7(10)5-3-1-2-4-6-8(11)12;;;/h2*10-12H,1,3-6H2,2H3;2*1-6H2,(H,9,10)(H,11,12);;;/q;;;;+2;2*-1. The summed E-state index contributed by atoms with van der Waals surface area (Å²) >= 11 is 0. The summed E-state index contributed by atoms with van der Waals surface area (Å²) in [6.07, 6.45) is 6.56. The molecular formula is C34H62MgO18. The van der Waals surface area contributed by atoms with Gasteiger partial charge < -0.3 is 63.4 Å². The molecule has 10 N–H and O–H groups in total. The van der Waals surface area contributed by atoms with Crippen molar-refractivity contribution in [3.63, 3.8) is 0 Å². The predicted molar refractivity (Wildman–Crippen MR) is 193 cm³/mol. The van der Waals surface area contributed by atoms with Crippen LogP contribution in [0.2, 0.25) is 0 Å². The van der Waals surface area contributed by atoms with Crippen molar-refractivity contribution in [1.29, 1.82) is 0 Å². The molecule has 0 spiro atoms. The summed E-state index contributed by atoms with van der Waals surface area (Å²) in [7, 11) is 0. The van der Waals surface area contributed by atoms with Crippen LogP contribution in [0.15, 0.2) is 24.3 Å². The Bertz CT molecular complexity index is 932. The fourth-order valence-corrected chi connectivity index (χ4v) is 3.07. The topological polar surface area (TPSA) is 323 Å². The van der Waals surface area contributed by atoms with Gasteiger partial charge in [-0.15, -0.1) is 0 Å². The number of aliphatic carboxylic acids is 4. The fourth-order valence-electron chi connectivity index (χ4n) is 3.07. The number of carbonyl (C=O) groups is 6. The van der Waals surface area contributed by atoms with Crippen molar-refractivity contribution in [2.24, 2.45) is 10.8 Å². The van der Waals surface area contributed by atoms with Gasteiger partial charge in [-0.1, -0.05) is 38.8 Å². The Balaban J connectivity index is -0.000000110. The number of ether oxygens (including phenoxy) is 2. The zero-order chi connectivity index (χ0) is 41.2. The molecule has 0 fully saturated rings. The molecule has 0 saturated heterocycles. The smallest absolute Gasteiger partial charge is 1.00 e. The Labute approximate surface area is 329 Å². The van der Waals surface area contributed by atoms with Crippen LogP contribution in [-0.4, -0.2) is 163 Å². The molecule has 0 aliphatic rings. The van der Waals surface area contributed by atoms with E-state index in [2.05, 4.69) is 13.2 Å². The maximum atomic E-state index is 11.0. The van der Waals surface area contributed by atoms with E-state index in [1.807, 2.05) is 0 Å². The van der Waals surface area contributed by atoms with Crippen LogP contribution in [0.5, 0.6) is 0 Å². The molecular weight excluding hydrogens is 721 g/mol. The first kappa shape index (κ1) is 59.1. The summed E-state index contributed by atoms with van der Waals surface area (Å²) in [5.74, 6) is -4.35. The van der Waals surface area contributed by atoms with Crippen LogP contribution >= 0.6 is 0 Å². The first-order valence-electron chi connectivity index (χ1n) is 16.5. The molecule has 0 saturated carbocycles. The van der Waals surface area contributed by atoms with Crippen molar-refractivity contribution in [3.8, 4) is 0 Å². The van der Waals surface area contributed by atoms with Crippen LogP contribution in [-0.2, 0) is 38.2 Å². The molecule has 0 heterocycles. The van der Waals surface area contributed by atoms with Gasteiger partial charge in [-0.25, -0.2) is 9.59 Å². The van der Waals surface area contributed by atoms with Gasteiger partial charge in [0.1, 0.15) is 13.2 Å². The molecule has 0 aromatic heterocycles. The summed E-state index contributed by atoms with van der Waals surface area (Å²) in [4.78, 5) is 62.1. The van der Waals surface area contributed by atoms with E-state index in [0.29, 0.717) is 25.7 Å². The van der Waals surface area contributed by atoms with Gasteiger partial charge in [0, 0.05) is 36.8 Å². The van der Waals surface area contributed by atoms with E-state index in [-0.39, 0.29) is 75.9 Å². The second kappa shape index (κ2) is 37.2. The maximum Gasteiger partial charge on any atom is 2.00 e. The number of unbranched alkanes of at least 4 members (excludes halogenated alkanes) is 6. The molecule has 0 aliphatic carbocycles. The maximum absolute atomic E-state index is 11.0. The van der Waals surface area contributed by atoms with Crippen LogP contribution in [0, 0.1) is 10.8 Å². The Morgan fingerprint density at radius 1 is 0.453 bits per heavy atom. The monoisotopic (exact) mass is 782 g/mol. The number of esters is 2. The number of aliphatic hydroxyl groups is 6. The summed E-state index contributed by atoms with van der Waals surface area (Å²) in [6, 6.07) is 0. The van der Waals surface area contributed by atoms with E-state index in [1.54, 1.807) is 0 Å². The number of carboxylic acids is 4. The molecule has 19 heteroatoms. The third kappa shape index (κ3) is 38.4. The van der Waals surface area contributed by atoms with Crippen molar-refractivity contribution >= 4 is 58.9 Å². The van der Waals surface area contributed by atoms with Crippen molar-refractivity contribution in [1.82, 2.24) is 0 Å². The van der Waals surface area contributed by atoms with Crippen molar-refractivity contribution in [2.45, 2.75) is 90.9 Å². The number of carbonyl (C=O) groups excluding carboxylic acids is 2. The molecule has 0 aliphatic heterocycles. The molecule has 53 heavy (non-hydrogen) atoms. The van der Waals surface area contributed by atoms with Gasteiger partial charge >= 0.3 is 58.9 Å². The van der Waals surface area contributed by atoms with E-state index in [9.17, 15) is 28.8 Å². The average molecular weight is 783 g/mol. The molecule has 0 radical (unpaired) electrons. The van der Waals surface area contributed by atoms with Gasteiger partial charge in [0.25, 0.3) is 0 Å². The Kier molecular flexibility index (Phi) is 41.4. The number of aliphatic hydroxyl groups excluding tert-OH is 6. The van der Waals surface area contributed by atoms with Gasteiger partial charge in [0.15, 0.2) is 0 Å². The Hall–Kier alpha value is -3.17. The van der Waals surface area contributed by atoms with E-state index in [4.69, 9.17) is 60.5 Å². The van der Waals surface area contributed by atoms with Gasteiger partial charge in [-0.2, -0.15) is 0 Å². The third-order valence-electron chi connectivity index (χ3n) is 6.79. The molecule has 0 rings (SSSR count). The predicted octanol–water partition coefficient (Wildman–Crippen LogP) is 0.975. The van der Waals surface area contributed by atoms with E-state index in [1.165, 1.54) is 13.8 Å². The molecule has 0 aromatic carbocycles. The Morgan fingerprint density at radius 3 is 0.774 bits per heavy atom. The number of carboxylic acid groups (broad SMARTS) is 4. The summed E-state index contributed by atoms with van der Waals surface area (Å²) in [5.41, 5.74) is -1.89. The van der Waals surface area contributed by atoms with Crippen LogP contribution in [0.25, 0.3) is 0 Å². The summed E-state index contributed by atoms with van der Waals surface area (Å²) in [6.45, 7) is 6.52. The van der Waals surface area contributed by atoms with Crippen molar-refractivity contribution < 1.29 is 92.2 Å². The number of hydrogen-bond donors (Lipinski definition) is 10. The quantitative estimate of drug-likeness (QED) is 0.0253. The van der Waals surface area contributed by atoms with Gasteiger partial charge in [0.05, 0.1) is 50.5 Å². The molecule has 0 atom stereocenters. The molecule has 0 unspecified atom stereocenters. The molecule has 0 aromatic rings. The summed E-state index contributed by atoms with van der Waals surface area (Å²) < 4.78 is 9.45. The molecule has 0 bridgehead atoms. The van der Waals surface area contributed by atoms with E-state index >= 15 is 0 Å². The zero-order valence-electron chi connectivity index (χ0n) is 33.0. The first-order valence-corrected chi connectivity index (χ1v) is 16.5. The van der Waals surface area contributed by atoms with Gasteiger partial charge in [-0.3, -0.25) is 19.2 Å². The van der Waals surface area contributed by atoms with Crippen molar-refractivity contribution in [3.05, 3.63) is 24.3 Å². The normalized spacial score (nSPS) is 10.3. The third-order valence-corrected chi connectivity index (χ3v) is 6.79. The van der Waals surface area contributed by atoms with Crippen LogP contribution < -0.4 is 0 Å². The van der Waals surface area contributed by atoms with Crippen molar-refractivity contribution in [2.75, 3.05) is 52.9 Å². The number of hydrogen-bond acceptors (Lipinski definition) is 14. The second-order valence-electron chi connectivity index (χ2n) is 12.1. The Morgan fingerprint density at radius 2 is 0.642 bits per heavy atom. The second-order valence-corrected chi connectivity index (χ2v) is 12.1. The minimum absolute atomic E-state index is 0. The van der Waals surface area contributed by atoms with Crippen LogP contribution in [0.3, 0.4) is 0 Å². The molecule has 308 valence electrons. The van der Waals surface area contributed by atoms with E-state index in [0.717, 1.165) is 25.7 Å². The molecule has 0 amide bonds.